The monoisotopic (exact) mass is 481 g/mol. The Morgan fingerprint density at radius 2 is 1.94 bits per heavy atom. The average molecular weight is 482 g/mol. The van der Waals surface area contributed by atoms with E-state index in [0.717, 1.165) is 37.9 Å². The van der Waals surface area contributed by atoms with Crippen molar-refractivity contribution in [3.8, 4) is 0 Å². The van der Waals surface area contributed by atoms with Gasteiger partial charge in [-0.05, 0) is 69.8 Å². The number of allylic oxidation sites excluding steroid dienone is 2. The first-order valence-electron chi connectivity index (χ1n) is 13.6. The first-order valence-corrected chi connectivity index (χ1v) is 13.6. The molecule has 0 aromatic carbocycles. The Bertz CT molecular complexity index is 1020. The second-order valence-electron chi connectivity index (χ2n) is 11.7. The molecule has 0 aromatic heterocycles. The van der Waals surface area contributed by atoms with Crippen LogP contribution in [-0.2, 0) is 19.0 Å². The zero-order valence-corrected chi connectivity index (χ0v) is 21.4. The van der Waals surface area contributed by atoms with Gasteiger partial charge < -0.3 is 19.3 Å². The van der Waals surface area contributed by atoms with E-state index in [4.69, 9.17) is 14.2 Å². The zero-order valence-electron chi connectivity index (χ0n) is 21.4. The zero-order chi connectivity index (χ0) is 24.4. The number of methoxy groups -OCH3 is 1. The third-order valence-electron chi connectivity index (χ3n) is 9.71. The molecule has 5 aliphatic heterocycles. The molecule has 0 aromatic rings. The van der Waals surface area contributed by atoms with E-state index in [9.17, 15) is 9.90 Å². The van der Waals surface area contributed by atoms with Crippen LogP contribution in [-0.4, -0.2) is 47.3 Å². The maximum absolute atomic E-state index is 12.3. The van der Waals surface area contributed by atoms with Crippen LogP contribution < -0.4 is 0 Å². The highest BCUT2D eigenvalue weighted by atomic mass is 16.6. The van der Waals surface area contributed by atoms with Crippen LogP contribution in [0.1, 0.15) is 65.7 Å². The molecule has 0 radical (unpaired) electrons. The normalized spacial score (nSPS) is 43.8. The number of nitrogens with zero attached hydrogens (tertiary/aromatic N) is 1. The van der Waals surface area contributed by atoms with Gasteiger partial charge in [-0.3, -0.25) is 4.90 Å². The first kappa shape index (κ1) is 23.4. The SMILES string of the molecule is COC1=C(C)C(=O)O/C1=C1/OC2=CC[C@@H]3CC[C@@H]4CC[C@@H]([C@H]2[C@@H]1C)N3[C@@H]4[C@@H](O)[C@H]1C=CC[C@@H](C)C1. The molecule has 9 atom stereocenters. The van der Waals surface area contributed by atoms with Gasteiger partial charge in [-0.15, -0.1) is 0 Å². The quantitative estimate of drug-likeness (QED) is 0.460. The third kappa shape index (κ3) is 3.62. The molecule has 1 aliphatic carbocycles. The Kier molecular flexibility index (Phi) is 5.88. The van der Waals surface area contributed by atoms with E-state index in [1.165, 1.54) is 12.8 Å². The standard InChI is InChI=1S/C29H39NO5/c1-15-6-5-7-19(14-15)25(31)24-18-8-10-20-11-13-22-23(21(12-9-18)30(20)24)16(2)27(34-22)28-26(33-4)17(3)29(32)35-28/h5,7,13,15-16,18-21,23-25,31H,6,8-12,14H2,1-4H3/b28-27+/t15-,16+,18-,19+,20+,21+,23-,24+,25+/m1/s1. The minimum Gasteiger partial charge on any atom is -0.492 e. The maximum Gasteiger partial charge on any atom is 0.343 e. The Morgan fingerprint density at radius 3 is 2.71 bits per heavy atom. The van der Waals surface area contributed by atoms with Crippen LogP contribution in [0.5, 0.6) is 0 Å². The van der Waals surface area contributed by atoms with E-state index in [1.807, 2.05) is 0 Å². The number of fused-ring (bicyclic) bond motifs is 3. The number of hydrogen-bond acceptors (Lipinski definition) is 6. The van der Waals surface area contributed by atoms with Crippen LogP contribution in [0.2, 0.25) is 0 Å². The van der Waals surface area contributed by atoms with Crippen molar-refractivity contribution in [3.05, 3.63) is 46.8 Å². The molecule has 3 fully saturated rings. The van der Waals surface area contributed by atoms with Gasteiger partial charge in [0, 0.05) is 35.9 Å². The maximum atomic E-state index is 12.3. The molecule has 6 rings (SSSR count). The molecule has 6 nitrogen and oxygen atoms in total. The Labute approximate surface area is 208 Å². The molecule has 0 saturated carbocycles. The van der Waals surface area contributed by atoms with E-state index in [2.05, 4.69) is 37.0 Å². The van der Waals surface area contributed by atoms with Gasteiger partial charge in [0.2, 0.25) is 5.76 Å². The number of carbonyl (C=O) groups excluding carboxylic acids is 1. The van der Waals surface area contributed by atoms with Crippen molar-refractivity contribution in [2.24, 2.45) is 29.6 Å². The summed E-state index contributed by atoms with van der Waals surface area (Å²) in [6.07, 6.45) is 14.3. The molecule has 1 N–H and O–H groups in total. The molecule has 6 heteroatoms. The molecule has 3 saturated heterocycles. The second kappa shape index (κ2) is 8.81. The molecular weight excluding hydrogens is 442 g/mol. The number of rotatable bonds is 3. The third-order valence-corrected chi connectivity index (χ3v) is 9.71. The highest BCUT2D eigenvalue weighted by Crippen LogP contribution is 2.53. The molecule has 5 heterocycles. The summed E-state index contributed by atoms with van der Waals surface area (Å²) in [5, 5.41) is 11.8. The molecule has 0 amide bonds. The minimum absolute atomic E-state index is 0.0646. The summed E-state index contributed by atoms with van der Waals surface area (Å²) < 4.78 is 17.7. The van der Waals surface area contributed by atoms with E-state index >= 15 is 0 Å². The lowest BCUT2D eigenvalue weighted by Crippen LogP contribution is -2.65. The molecule has 0 unspecified atom stereocenters. The second-order valence-corrected chi connectivity index (χ2v) is 11.7. The molecule has 190 valence electrons. The molecular formula is C29H39NO5. The Balaban J connectivity index is 1.35. The summed E-state index contributed by atoms with van der Waals surface area (Å²) in [4.78, 5) is 15.0. The predicted octanol–water partition coefficient (Wildman–Crippen LogP) is 4.82. The van der Waals surface area contributed by atoms with E-state index in [1.54, 1.807) is 14.0 Å². The van der Waals surface area contributed by atoms with E-state index < -0.39 is 0 Å². The molecule has 35 heavy (non-hydrogen) atoms. The average Bonchev–Trinajstić information content (AvgIpc) is 3.24. The van der Waals surface area contributed by atoms with Gasteiger partial charge in [0.1, 0.15) is 5.76 Å². The van der Waals surface area contributed by atoms with Crippen molar-refractivity contribution in [2.75, 3.05) is 7.11 Å². The summed E-state index contributed by atoms with van der Waals surface area (Å²) >= 11 is 0. The number of carbonyl (C=O) groups is 1. The number of aliphatic hydroxyl groups excluding tert-OH is 1. The minimum atomic E-state index is -0.365. The van der Waals surface area contributed by atoms with E-state index in [0.29, 0.717) is 46.8 Å². The summed E-state index contributed by atoms with van der Waals surface area (Å²) in [6.45, 7) is 6.22. The van der Waals surface area contributed by atoms with Gasteiger partial charge >= 0.3 is 5.97 Å². The summed E-state index contributed by atoms with van der Waals surface area (Å²) in [6, 6.07) is 0.966. The number of aliphatic hydroxyl groups is 1. The largest absolute Gasteiger partial charge is 0.492 e. The molecule has 2 bridgehead atoms. The fourth-order valence-electron chi connectivity index (χ4n) is 8.04. The molecule has 6 aliphatic rings. The van der Waals surface area contributed by atoms with Crippen LogP contribution in [0.4, 0.5) is 0 Å². The number of hydrogen-bond donors (Lipinski definition) is 1. The van der Waals surface area contributed by atoms with Gasteiger partial charge in [0.15, 0.2) is 11.5 Å². The fraction of sp³-hybridized carbons (Fsp3) is 0.690. The van der Waals surface area contributed by atoms with Crippen molar-refractivity contribution >= 4 is 5.97 Å². The van der Waals surface area contributed by atoms with Gasteiger partial charge in [-0.25, -0.2) is 4.79 Å². The number of esters is 1. The van der Waals surface area contributed by atoms with Crippen LogP contribution >= 0.6 is 0 Å². The first-order chi connectivity index (χ1) is 16.9. The lowest BCUT2D eigenvalue weighted by molar-refractivity contribution is -0.133. The summed E-state index contributed by atoms with van der Waals surface area (Å²) in [5.74, 6) is 3.96. The van der Waals surface area contributed by atoms with Gasteiger partial charge in [0.05, 0.1) is 18.8 Å². The smallest absolute Gasteiger partial charge is 0.343 e. The van der Waals surface area contributed by atoms with Crippen LogP contribution in [0, 0.1) is 29.6 Å². The van der Waals surface area contributed by atoms with Crippen LogP contribution in [0.3, 0.4) is 0 Å². The molecule has 0 spiro atoms. The predicted molar refractivity (Wildman–Crippen MR) is 131 cm³/mol. The lowest BCUT2D eigenvalue weighted by atomic mass is 9.68. The van der Waals surface area contributed by atoms with Gasteiger partial charge in [0.25, 0.3) is 0 Å². The van der Waals surface area contributed by atoms with Crippen LogP contribution in [0.25, 0.3) is 0 Å². The van der Waals surface area contributed by atoms with Gasteiger partial charge in [-0.2, -0.15) is 0 Å². The van der Waals surface area contributed by atoms with Crippen molar-refractivity contribution in [2.45, 2.75) is 89.9 Å². The highest BCUT2D eigenvalue weighted by Gasteiger charge is 2.55. The van der Waals surface area contributed by atoms with Gasteiger partial charge in [-0.1, -0.05) is 26.0 Å². The Morgan fingerprint density at radius 1 is 1.14 bits per heavy atom. The van der Waals surface area contributed by atoms with Crippen molar-refractivity contribution in [1.82, 2.24) is 4.90 Å². The summed E-state index contributed by atoms with van der Waals surface area (Å²) in [7, 11) is 1.57. The highest BCUT2D eigenvalue weighted by molar-refractivity contribution is 5.93. The van der Waals surface area contributed by atoms with E-state index in [-0.39, 0.29) is 35.9 Å². The Hall–Kier alpha value is -2.05. The number of ether oxygens (including phenoxy) is 3. The fourth-order valence-corrected chi connectivity index (χ4v) is 8.04. The number of piperidine rings is 2. The van der Waals surface area contributed by atoms with Crippen molar-refractivity contribution in [3.63, 3.8) is 0 Å². The topological polar surface area (TPSA) is 68.2 Å². The van der Waals surface area contributed by atoms with Crippen molar-refractivity contribution in [1.29, 1.82) is 0 Å². The van der Waals surface area contributed by atoms with Crippen molar-refractivity contribution < 1.29 is 24.1 Å². The summed E-state index contributed by atoms with van der Waals surface area (Å²) in [5.41, 5.74) is 0.487. The lowest BCUT2D eigenvalue weighted by Gasteiger charge is -2.57. The number of cyclic esters (lactones) is 1. The van der Waals surface area contributed by atoms with Crippen LogP contribution in [0.15, 0.2) is 46.8 Å².